The van der Waals surface area contributed by atoms with Crippen molar-refractivity contribution in [3.63, 3.8) is 0 Å². The average Bonchev–Trinajstić information content (AvgIpc) is 2.70. The van der Waals surface area contributed by atoms with E-state index in [4.69, 9.17) is 4.74 Å². The highest BCUT2D eigenvalue weighted by atomic mass is 79.9. The fourth-order valence-electron chi connectivity index (χ4n) is 2.59. The van der Waals surface area contributed by atoms with E-state index in [9.17, 15) is 14.7 Å². The van der Waals surface area contributed by atoms with Crippen LogP contribution in [0.1, 0.15) is 27.6 Å². The molecule has 3 rings (SSSR count). The normalized spacial score (nSPS) is 11.5. The molecule has 0 fully saturated rings. The molecule has 1 unspecified atom stereocenters. The molecule has 0 radical (unpaired) electrons. The standard InChI is InChI=1S/C22H18BrNO4/c1-14-7-10-17(11-8-14)24-21(26)20(15-5-3-2-4-6-15)28-22(27)18-13-16(23)9-12-19(18)25/h2-13,20,25H,1H3,(H,24,26). The number of hydrogen-bond donors (Lipinski definition) is 2. The second kappa shape index (κ2) is 8.71. The van der Waals surface area contributed by atoms with Gasteiger partial charge in [-0.15, -0.1) is 0 Å². The number of benzene rings is 3. The Balaban J connectivity index is 1.87. The van der Waals surface area contributed by atoms with E-state index in [1.165, 1.54) is 12.1 Å². The first-order valence-corrected chi connectivity index (χ1v) is 9.35. The minimum atomic E-state index is -1.17. The van der Waals surface area contributed by atoms with Crippen molar-refractivity contribution in [2.24, 2.45) is 0 Å². The number of ether oxygens (including phenoxy) is 1. The van der Waals surface area contributed by atoms with Crippen LogP contribution in [0.15, 0.2) is 77.3 Å². The lowest BCUT2D eigenvalue weighted by molar-refractivity contribution is -0.125. The van der Waals surface area contributed by atoms with Crippen molar-refractivity contribution in [1.82, 2.24) is 0 Å². The number of carbonyl (C=O) groups excluding carboxylic acids is 2. The highest BCUT2D eigenvalue weighted by molar-refractivity contribution is 9.10. The summed E-state index contributed by atoms with van der Waals surface area (Å²) in [6.45, 7) is 1.95. The summed E-state index contributed by atoms with van der Waals surface area (Å²) in [6.07, 6.45) is -1.17. The number of rotatable bonds is 5. The maximum absolute atomic E-state index is 12.9. The number of aromatic hydroxyl groups is 1. The minimum absolute atomic E-state index is 0.0292. The molecule has 28 heavy (non-hydrogen) atoms. The van der Waals surface area contributed by atoms with Crippen LogP contribution in [0.3, 0.4) is 0 Å². The van der Waals surface area contributed by atoms with Gasteiger partial charge in [0.15, 0.2) is 0 Å². The third-order valence-corrected chi connectivity index (χ3v) is 4.56. The van der Waals surface area contributed by atoms with E-state index < -0.39 is 18.0 Å². The second-order valence-electron chi connectivity index (χ2n) is 6.21. The van der Waals surface area contributed by atoms with Gasteiger partial charge in [0.1, 0.15) is 11.3 Å². The zero-order valence-electron chi connectivity index (χ0n) is 15.1. The molecular weight excluding hydrogens is 422 g/mol. The molecular formula is C22H18BrNO4. The monoisotopic (exact) mass is 439 g/mol. The summed E-state index contributed by atoms with van der Waals surface area (Å²) in [5.41, 5.74) is 2.15. The number of amides is 1. The van der Waals surface area contributed by atoms with Crippen molar-refractivity contribution in [1.29, 1.82) is 0 Å². The molecule has 6 heteroatoms. The zero-order valence-corrected chi connectivity index (χ0v) is 16.6. The van der Waals surface area contributed by atoms with E-state index in [1.54, 1.807) is 48.5 Å². The summed E-state index contributed by atoms with van der Waals surface area (Å²) in [5, 5.41) is 12.7. The summed E-state index contributed by atoms with van der Waals surface area (Å²) in [4.78, 5) is 25.5. The third-order valence-electron chi connectivity index (χ3n) is 4.06. The van der Waals surface area contributed by atoms with Crippen LogP contribution < -0.4 is 5.32 Å². The molecule has 142 valence electrons. The molecule has 0 bridgehead atoms. The Hall–Kier alpha value is -3.12. The van der Waals surface area contributed by atoms with Crippen molar-refractivity contribution >= 4 is 33.5 Å². The van der Waals surface area contributed by atoms with Gasteiger partial charge in [-0.2, -0.15) is 0 Å². The molecule has 0 aromatic heterocycles. The van der Waals surface area contributed by atoms with Gasteiger partial charge in [0.05, 0.1) is 0 Å². The van der Waals surface area contributed by atoms with Gasteiger partial charge >= 0.3 is 5.97 Å². The molecule has 2 N–H and O–H groups in total. The maximum Gasteiger partial charge on any atom is 0.343 e. The number of phenols is 1. The number of esters is 1. The van der Waals surface area contributed by atoms with Crippen molar-refractivity contribution in [2.45, 2.75) is 13.0 Å². The summed E-state index contributed by atoms with van der Waals surface area (Å²) in [6, 6.07) is 20.4. The Bertz CT molecular complexity index is 987. The molecule has 5 nitrogen and oxygen atoms in total. The first-order chi connectivity index (χ1) is 13.4. The second-order valence-corrected chi connectivity index (χ2v) is 7.13. The van der Waals surface area contributed by atoms with E-state index in [2.05, 4.69) is 21.2 Å². The molecule has 0 saturated carbocycles. The smallest absolute Gasteiger partial charge is 0.343 e. The first kappa shape index (κ1) is 19.6. The number of anilines is 1. The Morgan fingerprint density at radius 1 is 1.00 bits per heavy atom. The van der Waals surface area contributed by atoms with Crippen LogP contribution in [0.2, 0.25) is 0 Å². The molecule has 0 saturated heterocycles. The van der Waals surface area contributed by atoms with Crippen LogP contribution in [-0.4, -0.2) is 17.0 Å². The maximum atomic E-state index is 12.9. The molecule has 3 aromatic carbocycles. The van der Waals surface area contributed by atoms with Crippen molar-refractivity contribution in [2.75, 3.05) is 5.32 Å². The van der Waals surface area contributed by atoms with E-state index in [0.29, 0.717) is 15.7 Å². The van der Waals surface area contributed by atoms with E-state index in [1.807, 2.05) is 19.1 Å². The van der Waals surface area contributed by atoms with Crippen molar-refractivity contribution in [3.05, 3.63) is 94.0 Å². The van der Waals surface area contributed by atoms with Gasteiger partial charge in [0, 0.05) is 15.7 Å². The number of halogens is 1. The Morgan fingerprint density at radius 3 is 2.36 bits per heavy atom. The molecule has 0 aliphatic rings. The van der Waals surface area contributed by atoms with E-state index in [0.717, 1.165) is 5.56 Å². The molecule has 0 aliphatic carbocycles. The summed E-state index contributed by atoms with van der Waals surface area (Å²) in [7, 11) is 0. The van der Waals surface area contributed by atoms with E-state index in [-0.39, 0.29) is 11.3 Å². The third kappa shape index (κ3) is 4.78. The van der Waals surface area contributed by atoms with Gasteiger partial charge in [-0.05, 0) is 37.3 Å². The van der Waals surface area contributed by atoms with Gasteiger partial charge < -0.3 is 15.2 Å². The van der Waals surface area contributed by atoms with Crippen molar-refractivity contribution in [3.8, 4) is 5.75 Å². The van der Waals surface area contributed by atoms with Crippen LogP contribution in [-0.2, 0) is 9.53 Å². The molecule has 0 aliphatic heterocycles. The summed E-state index contributed by atoms with van der Waals surface area (Å²) >= 11 is 3.26. The Morgan fingerprint density at radius 2 is 1.68 bits per heavy atom. The predicted octanol–water partition coefficient (Wildman–Crippen LogP) is 5.00. The Kier molecular flexibility index (Phi) is 6.11. The number of aryl methyl sites for hydroxylation is 1. The topological polar surface area (TPSA) is 75.6 Å². The number of carbonyl (C=O) groups is 2. The van der Waals surface area contributed by atoms with Crippen LogP contribution in [0.5, 0.6) is 5.75 Å². The van der Waals surface area contributed by atoms with E-state index >= 15 is 0 Å². The van der Waals surface area contributed by atoms with Gasteiger partial charge in [-0.25, -0.2) is 4.79 Å². The summed E-state index contributed by atoms with van der Waals surface area (Å²) < 4.78 is 6.09. The molecule has 3 aromatic rings. The van der Waals surface area contributed by atoms with Crippen LogP contribution in [0, 0.1) is 6.92 Å². The van der Waals surface area contributed by atoms with Crippen molar-refractivity contribution < 1.29 is 19.4 Å². The number of phenolic OH excluding ortho intramolecular Hbond substituents is 1. The number of hydrogen-bond acceptors (Lipinski definition) is 4. The highest BCUT2D eigenvalue weighted by Crippen LogP contribution is 2.26. The molecule has 1 atom stereocenters. The fourth-order valence-corrected chi connectivity index (χ4v) is 2.95. The van der Waals surface area contributed by atoms with Gasteiger partial charge in [-0.3, -0.25) is 4.79 Å². The first-order valence-electron chi connectivity index (χ1n) is 8.56. The largest absolute Gasteiger partial charge is 0.507 e. The van der Waals surface area contributed by atoms with Gasteiger partial charge in [0.25, 0.3) is 5.91 Å². The van der Waals surface area contributed by atoms with Gasteiger partial charge in [0.2, 0.25) is 6.10 Å². The summed E-state index contributed by atoms with van der Waals surface area (Å²) in [5.74, 6) is -1.51. The fraction of sp³-hybridized carbons (Fsp3) is 0.0909. The lowest BCUT2D eigenvalue weighted by Crippen LogP contribution is -2.26. The quantitative estimate of drug-likeness (QED) is 0.548. The predicted molar refractivity (Wildman–Crippen MR) is 110 cm³/mol. The molecule has 0 spiro atoms. The lowest BCUT2D eigenvalue weighted by Gasteiger charge is -2.18. The average molecular weight is 440 g/mol. The van der Waals surface area contributed by atoms with Crippen LogP contribution >= 0.6 is 15.9 Å². The molecule has 0 heterocycles. The lowest BCUT2D eigenvalue weighted by atomic mass is 10.1. The SMILES string of the molecule is Cc1ccc(NC(=O)C(OC(=O)c2cc(Br)ccc2O)c2ccccc2)cc1. The van der Waals surface area contributed by atoms with Gasteiger partial charge in [-0.1, -0.05) is 64.0 Å². The molecule has 1 amide bonds. The number of nitrogens with one attached hydrogen (secondary N) is 1. The van der Waals surface area contributed by atoms with Crippen LogP contribution in [0.25, 0.3) is 0 Å². The Labute approximate surface area is 171 Å². The zero-order chi connectivity index (χ0) is 20.1. The minimum Gasteiger partial charge on any atom is -0.507 e. The van der Waals surface area contributed by atoms with Crippen LogP contribution in [0.4, 0.5) is 5.69 Å². The highest BCUT2D eigenvalue weighted by Gasteiger charge is 2.27.